The number of likely N-dealkylation sites (N-methyl/N-ethyl adjacent to an activating group) is 1. The summed E-state index contributed by atoms with van der Waals surface area (Å²) in [5, 5.41) is 10.8. The van der Waals surface area contributed by atoms with Crippen LogP contribution in [0.5, 0.6) is 0 Å². The molecule has 2 atom stereocenters. The van der Waals surface area contributed by atoms with E-state index < -0.39 is 0 Å². The van der Waals surface area contributed by atoms with E-state index in [2.05, 4.69) is 4.98 Å². The second-order valence-corrected chi connectivity index (χ2v) is 6.57. The van der Waals surface area contributed by atoms with Crippen LogP contribution in [0.15, 0.2) is 24.4 Å². The molecular weight excluding hydrogens is 295 g/mol. The van der Waals surface area contributed by atoms with E-state index in [1.54, 1.807) is 24.2 Å². The van der Waals surface area contributed by atoms with E-state index in [0.29, 0.717) is 6.54 Å². The Labute approximate surface area is 135 Å². The third kappa shape index (κ3) is 3.55. The molecule has 1 aliphatic carbocycles. The number of hydrogen-bond acceptors (Lipinski definition) is 2. The molecule has 2 aromatic rings. The molecule has 3 rings (SSSR count). The minimum absolute atomic E-state index is 0.00654. The van der Waals surface area contributed by atoms with Crippen molar-refractivity contribution >= 4 is 16.8 Å². The lowest BCUT2D eigenvalue weighted by Gasteiger charge is -2.31. The fraction of sp³-hybridized carbons (Fsp3) is 0.500. The van der Waals surface area contributed by atoms with E-state index >= 15 is 0 Å². The van der Waals surface area contributed by atoms with E-state index in [0.717, 1.165) is 42.1 Å². The van der Waals surface area contributed by atoms with Crippen LogP contribution in [0.1, 0.15) is 31.2 Å². The Morgan fingerprint density at radius 1 is 1.39 bits per heavy atom. The highest BCUT2D eigenvalue weighted by atomic mass is 19.1. The van der Waals surface area contributed by atoms with Gasteiger partial charge in [0.25, 0.3) is 0 Å². The first kappa shape index (κ1) is 16.0. The van der Waals surface area contributed by atoms with Gasteiger partial charge in [0.2, 0.25) is 5.91 Å². The number of aliphatic hydroxyl groups excluding tert-OH is 1. The first-order valence-electron chi connectivity index (χ1n) is 8.22. The quantitative estimate of drug-likeness (QED) is 0.911. The number of fused-ring (bicyclic) bond motifs is 1. The lowest BCUT2D eigenvalue weighted by molar-refractivity contribution is -0.130. The van der Waals surface area contributed by atoms with E-state index in [9.17, 15) is 14.3 Å². The molecule has 1 aromatic carbocycles. The lowest BCUT2D eigenvalue weighted by atomic mass is 9.86. The highest BCUT2D eigenvalue weighted by molar-refractivity contribution is 5.88. The van der Waals surface area contributed by atoms with Gasteiger partial charge in [0.1, 0.15) is 5.82 Å². The fourth-order valence-corrected chi connectivity index (χ4v) is 3.45. The van der Waals surface area contributed by atoms with Gasteiger partial charge < -0.3 is 15.0 Å². The summed E-state index contributed by atoms with van der Waals surface area (Å²) in [5.41, 5.74) is 1.64. The Morgan fingerprint density at radius 2 is 2.17 bits per heavy atom. The van der Waals surface area contributed by atoms with Crippen molar-refractivity contribution in [3.8, 4) is 0 Å². The van der Waals surface area contributed by atoms with Crippen LogP contribution >= 0.6 is 0 Å². The Hall–Kier alpha value is -1.88. The minimum Gasteiger partial charge on any atom is -0.393 e. The monoisotopic (exact) mass is 318 g/mol. The first-order chi connectivity index (χ1) is 11.0. The minimum atomic E-state index is -0.304. The highest BCUT2D eigenvalue weighted by Crippen LogP contribution is 2.25. The van der Waals surface area contributed by atoms with Crippen molar-refractivity contribution in [2.24, 2.45) is 5.92 Å². The van der Waals surface area contributed by atoms with Gasteiger partial charge in [-0.2, -0.15) is 0 Å². The van der Waals surface area contributed by atoms with Crippen LogP contribution in [0.4, 0.5) is 4.39 Å². The number of hydrogen-bond donors (Lipinski definition) is 2. The number of aromatic nitrogens is 1. The van der Waals surface area contributed by atoms with Crippen LogP contribution < -0.4 is 0 Å². The topological polar surface area (TPSA) is 56.3 Å². The highest BCUT2D eigenvalue weighted by Gasteiger charge is 2.25. The standard InChI is InChI=1S/C18H23FN2O2/c1-21(11-12-4-2-3-5-17(12)22)18(23)8-13-10-20-16-7-6-14(19)9-15(13)16/h6-7,9-10,12,17,20,22H,2-5,8,11H2,1H3. The summed E-state index contributed by atoms with van der Waals surface area (Å²) in [6.45, 7) is 0.580. The van der Waals surface area contributed by atoms with Crippen molar-refractivity contribution in [1.29, 1.82) is 0 Å². The van der Waals surface area contributed by atoms with Gasteiger partial charge in [-0.1, -0.05) is 12.8 Å². The van der Waals surface area contributed by atoms with Crippen LogP contribution in [-0.2, 0) is 11.2 Å². The molecule has 1 fully saturated rings. The van der Waals surface area contributed by atoms with Gasteiger partial charge in [0, 0.05) is 36.6 Å². The second kappa shape index (κ2) is 6.71. The van der Waals surface area contributed by atoms with E-state index in [4.69, 9.17) is 0 Å². The molecule has 2 N–H and O–H groups in total. The summed E-state index contributed by atoms with van der Waals surface area (Å²) in [5.74, 6) is -0.143. The number of benzene rings is 1. The number of halogens is 1. The van der Waals surface area contributed by atoms with Crippen LogP contribution in [-0.4, -0.2) is 40.6 Å². The molecule has 1 heterocycles. The average Bonchev–Trinajstić information content (AvgIpc) is 2.91. The summed E-state index contributed by atoms with van der Waals surface area (Å²) in [7, 11) is 1.78. The molecule has 1 aromatic heterocycles. The zero-order valence-corrected chi connectivity index (χ0v) is 13.4. The SMILES string of the molecule is CN(CC1CCCCC1O)C(=O)Cc1c[nH]c2ccc(F)cc12. The number of aromatic amines is 1. The third-order valence-corrected chi connectivity index (χ3v) is 4.87. The smallest absolute Gasteiger partial charge is 0.226 e. The maximum absolute atomic E-state index is 13.4. The van der Waals surface area contributed by atoms with E-state index in [-0.39, 0.29) is 30.2 Å². The van der Waals surface area contributed by atoms with Crippen LogP contribution in [0, 0.1) is 11.7 Å². The van der Waals surface area contributed by atoms with E-state index in [1.165, 1.54) is 12.1 Å². The Morgan fingerprint density at radius 3 is 2.96 bits per heavy atom. The van der Waals surface area contributed by atoms with Gasteiger partial charge in [0.15, 0.2) is 0 Å². The van der Waals surface area contributed by atoms with Crippen molar-refractivity contribution in [1.82, 2.24) is 9.88 Å². The maximum Gasteiger partial charge on any atom is 0.226 e. The van der Waals surface area contributed by atoms with Crippen molar-refractivity contribution in [2.45, 2.75) is 38.2 Å². The normalized spacial score (nSPS) is 21.5. The first-order valence-corrected chi connectivity index (χ1v) is 8.22. The summed E-state index contributed by atoms with van der Waals surface area (Å²) < 4.78 is 13.4. The Balaban J connectivity index is 1.66. The Bertz CT molecular complexity index is 697. The van der Waals surface area contributed by atoms with Gasteiger partial charge >= 0.3 is 0 Å². The molecule has 5 heteroatoms. The van der Waals surface area contributed by atoms with Gasteiger partial charge in [-0.25, -0.2) is 4.39 Å². The molecule has 4 nitrogen and oxygen atoms in total. The van der Waals surface area contributed by atoms with Gasteiger partial charge in [-0.05, 0) is 36.6 Å². The molecule has 0 bridgehead atoms. The fourth-order valence-electron chi connectivity index (χ4n) is 3.45. The number of nitrogens with one attached hydrogen (secondary N) is 1. The van der Waals surface area contributed by atoms with Crippen molar-refractivity contribution in [3.05, 3.63) is 35.8 Å². The number of amides is 1. The zero-order chi connectivity index (χ0) is 16.4. The molecule has 0 saturated heterocycles. The summed E-state index contributed by atoms with van der Waals surface area (Å²) >= 11 is 0. The predicted octanol–water partition coefficient (Wildman–Crippen LogP) is 2.86. The van der Waals surface area contributed by atoms with Gasteiger partial charge in [-0.15, -0.1) is 0 Å². The van der Waals surface area contributed by atoms with Gasteiger partial charge in [0.05, 0.1) is 12.5 Å². The third-order valence-electron chi connectivity index (χ3n) is 4.87. The molecule has 124 valence electrons. The second-order valence-electron chi connectivity index (χ2n) is 6.57. The molecule has 0 radical (unpaired) electrons. The van der Waals surface area contributed by atoms with Crippen molar-refractivity contribution in [2.75, 3.05) is 13.6 Å². The molecule has 1 amide bonds. The Kier molecular flexibility index (Phi) is 4.66. The molecule has 0 aliphatic heterocycles. The van der Waals surface area contributed by atoms with Crippen LogP contribution in [0.2, 0.25) is 0 Å². The number of carbonyl (C=O) groups excluding carboxylic acids is 1. The lowest BCUT2D eigenvalue weighted by Crippen LogP contribution is -2.38. The number of H-pyrrole nitrogens is 1. The number of nitrogens with zero attached hydrogens (tertiary/aromatic N) is 1. The maximum atomic E-state index is 13.4. The molecule has 2 unspecified atom stereocenters. The molecule has 1 aliphatic rings. The van der Waals surface area contributed by atoms with E-state index in [1.807, 2.05) is 0 Å². The van der Waals surface area contributed by atoms with Crippen molar-refractivity contribution < 1.29 is 14.3 Å². The average molecular weight is 318 g/mol. The summed E-state index contributed by atoms with van der Waals surface area (Å²) in [6.07, 6.45) is 5.68. The summed E-state index contributed by atoms with van der Waals surface area (Å²) in [6, 6.07) is 4.54. The molecular formula is C18H23FN2O2. The largest absolute Gasteiger partial charge is 0.393 e. The molecule has 0 spiro atoms. The van der Waals surface area contributed by atoms with Gasteiger partial charge in [-0.3, -0.25) is 4.79 Å². The van der Waals surface area contributed by atoms with Crippen LogP contribution in [0.3, 0.4) is 0 Å². The number of aliphatic hydroxyl groups is 1. The van der Waals surface area contributed by atoms with Crippen LogP contribution in [0.25, 0.3) is 10.9 Å². The molecule has 23 heavy (non-hydrogen) atoms. The van der Waals surface area contributed by atoms with Crippen molar-refractivity contribution in [3.63, 3.8) is 0 Å². The molecule has 1 saturated carbocycles. The number of rotatable bonds is 4. The number of carbonyl (C=O) groups is 1. The predicted molar refractivity (Wildman–Crippen MR) is 87.6 cm³/mol. The summed E-state index contributed by atoms with van der Waals surface area (Å²) in [4.78, 5) is 17.2. The zero-order valence-electron chi connectivity index (χ0n) is 13.4.